The molecule has 0 aromatic heterocycles. The zero-order chi connectivity index (χ0) is 28.8. The van der Waals surface area contributed by atoms with Gasteiger partial charge in [-0.25, -0.2) is 4.39 Å². The van der Waals surface area contributed by atoms with Crippen molar-refractivity contribution in [1.82, 2.24) is 4.90 Å². The second-order valence-corrected chi connectivity index (χ2v) is 12.8. The van der Waals surface area contributed by atoms with E-state index < -0.39 is 5.92 Å². The van der Waals surface area contributed by atoms with Gasteiger partial charge in [-0.05, 0) is 72.9 Å². The molecule has 0 N–H and O–H groups in total. The molecule has 40 heavy (non-hydrogen) atoms. The number of nitrogens with zero attached hydrogens (tertiary/aromatic N) is 1. The van der Waals surface area contributed by atoms with E-state index in [1.165, 1.54) is 12.1 Å². The van der Waals surface area contributed by atoms with Gasteiger partial charge in [0.25, 0.3) is 0 Å². The molecule has 1 heterocycles. The van der Waals surface area contributed by atoms with E-state index in [1.807, 2.05) is 31.2 Å². The van der Waals surface area contributed by atoms with Gasteiger partial charge in [-0.15, -0.1) is 0 Å². The summed E-state index contributed by atoms with van der Waals surface area (Å²) in [5.74, 6) is 0.569. The summed E-state index contributed by atoms with van der Waals surface area (Å²) >= 11 is 0. The fourth-order valence-electron chi connectivity index (χ4n) is 6.64. The molecular weight excluding hydrogens is 505 g/mol. The highest BCUT2D eigenvalue weighted by atomic mass is 19.1. The first-order chi connectivity index (χ1) is 18.9. The number of ketones is 2. The first-order valence-corrected chi connectivity index (χ1v) is 14.4. The zero-order valence-corrected chi connectivity index (χ0v) is 24.5. The van der Waals surface area contributed by atoms with Crippen molar-refractivity contribution < 1.29 is 23.5 Å². The van der Waals surface area contributed by atoms with Crippen molar-refractivity contribution in [3.63, 3.8) is 0 Å². The molecule has 0 spiro atoms. The summed E-state index contributed by atoms with van der Waals surface area (Å²) in [6.45, 7) is 13.9. The summed E-state index contributed by atoms with van der Waals surface area (Å²) in [5.41, 5.74) is 4.90. The molecule has 0 atom stereocenters. The smallest absolute Gasteiger partial charge is 0.162 e. The molecule has 1 aliphatic heterocycles. The molecule has 0 fully saturated rings. The van der Waals surface area contributed by atoms with Gasteiger partial charge >= 0.3 is 0 Å². The number of carbonyl (C=O) groups is 2. The van der Waals surface area contributed by atoms with Crippen molar-refractivity contribution in [3.05, 3.63) is 81.9 Å². The Bertz CT molecular complexity index is 1360. The summed E-state index contributed by atoms with van der Waals surface area (Å²) in [4.78, 5) is 30.0. The molecular formula is C34H40FNO4. The van der Waals surface area contributed by atoms with Crippen LogP contribution in [0.3, 0.4) is 0 Å². The van der Waals surface area contributed by atoms with Gasteiger partial charge < -0.3 is 14.4 Å². The summed E-state index contributed by atoms with van der Waals surface area (Å²) in [6.07, 6.45) is 2.48. The van der Waals surface area contributed by atoms with E-state index in [4.69, 9.17) is 9.47 Å². The largest absolute Gasteiger partial charge is 0.490 e. The Morgan fingerprint density at radius 3 is 2.00 bits per heavy atom. The Labute approximate surface area is 237 Å². The van der Waals surface area contributed by atoms with Crippen LogP contribution in [0.2, 0.25) is 0 Å². The van der Waals surface area contributed by atoms with E-state index in [-0.39, 0.29) is 34.8 Å². The lowest BCUT2D eigenvalue weighted by Gasteiger charge is -2.48. The second kappa shape index (κ2) is 10.5. The lowest BCUT2D eigenvalue weighted by Crippen LogP contribution is -2.44. The Morgan fingerprint density at radius 1 is 0.825 bits per heavy atom. The number of ether oxygens (including phenoxy) is 2. The van der Waals surface area contributed by atoms with Crippen LogP contribution in [0.1, 0.15) is 84.3 Å². The van der Waals surface area contributed by atoms with Crippen LogP contribution < -0.4 is 9.47 Å². The fourth-order valence-corrected chi connectivity index (χ4v) is 6.64. The van der Waals surface area contributed by atoms with Crippen LogP contribution in [0.25, 0.3) is 0 Å². The average molecular weight is 546 g/mol. The molecule has 0 saturated carbocycles. The quantitative estimate of drug-likeness (QED) is 0.360. The molecule has 2 aliphatic carbocycles. The van der Waals surface area contributed by atoms with E-state index in [2.05, 4.69) is 39.5 Å². The van der Waals surface area contributed by atoms with E-state index in [0.717, 1.165) is 40.9 Å². The minimum Gasteiger partial charge on any atom is -0.490 e. The lowest BCUT2D eigenvalue weighted by molar-refractivity contribution is -0.119. The number of benzene rings is 2. The minimum absolute atomic E-state index is 0.114. The van der Waals surface area contributed by atoms with Gasteiger partial charge in [-0.2, -0.15) is 0 Å². The summed E-state index contributed by atoms with van der Waals surface area (Å²) in [6, 6.07) is 12.0. The van der Waals surface area contributed by atoms with Crippen LogP contribution in [0, 0.1) is 16.6 Å². The molecule has 3 aliphatic rings. The predicted molar refractivity (Wildman–Crippen MR) is 154 cm³/mol. The summed E-state index contributed by atoms with van der Waals surface area (Å²) in [7, 11) is 0. The van der Waals surface area contributed by atoms with Crippen molar-refractivity contribution in [3.8, 4) is 11.5 Å². The van der Waals surface area contributed by atoms with Gasteiger partial charge in [0.2, 0.25) is 0 Å². The number of halogens is 1. The van der Waals surface area contributed by atoms with E-state index in [0.29, 0.717) is 43.1 Å². The van der Waals surface area contributed by atoms with Crippen molar-refractivity contribution >= 4 is 11.6 Å². The third-order valence-electron chi connectivity index (χ3n) is 8.22. The van der Waals surface area contributed by atoms with Gasteiger partial charge in [0.05, 0.1) is 6.61 Å². The molecule has 0 radical (unpaired) electrons. The van der Waals surface area contributed by atoms with Crippen LogP contribution in [0.15, 0.2) is 65.0 Å². The van der Waals surface area contributed by atoms with Crippen molar-refractivity contribution in [1.29, 1.82) is 0 Å². The monoisotopic (exact) mass is 545 g/mol. The first-order valence-electron chi connectivity index (χ1n) is 14.4. The number of hydrogen-bond acceptors (Lipinski definition) is 5. The number of Topliss-reactive ketones (excluding diaryl/α,β-unsaturated/α-hetero) is 2. The first kappa shape index (κ1) is 28.1. The van der Waals surface area contributed by atoms with Crippen LogP contribution in [0.5, 0.6) is 11.5 Å². The van der Waals surface area contributed by atoms with Gasteiger partial charge in [-0.1, -0.05) is 45.9 Å². The van der Waals surface area contributed by atoms with Gasteiger partial charge in [0, 0.05) is 47.8 Å². The molecule has 212 valence electrons. The second-order valence-electron chi connectivity index (χ2n) is 12.8. The van der Waals surface area contributed by atoms with E-state index >= 15 is 0 Å². The third kappa shape index (κ3) is 5.33. The van der Waals surface area contributed by atoms with Crippen molar-refractivity contribution in [2.75, 3.05) is 13.2 Å². The molecule has 2 aromatic carbocycles. The molecule has 0 unspecified atom stereocenters. The summed E-state index contributed by atoms with van der Waals surface area (Å²) < 4.78 is 25.8. The van der Waals surface area contributed by atoms with Crippen LogP contribution in [-0.2, 0) is 16.2 Å². The highest BCUT2D eigenvalue weighted by Crippen LogP contribution is 2.54. The molecule has 2 aromatic rings. The minimum atomic E-state index is -0.434. The number of allylic oxidation sites excluding steroid dienone is 4. The molecule has 6 heteroatoms. The van der Waals surface area contributed by atoms with Crippen molar-refractivity contribution in [2.45, 2.75) is 79.8 Å². The third-order valence-corrected chi connectivity index (χ3v) is 8.22. The number of hydrogen-bond donors (Lipinski definition) is 0. The number of rotatable bonds is 7. The fraction of sp³-hybridized carbons (Fsp3) is 0.471. The highest BCUT2D eigenvalue weighted by molar-refractivity contribution is 6.06. The molecule has 0 bridgehead atoms. The predicted octanol–water partition coefficient (Wildman–Crippen LogP) is 7.51. The van der Waals surface area contributed by atoms with E-state index in [1.54, 1.807) is 6.07 Å². The Balaban J connectivity index is 1.62. The molecule has 0 saturated heterocycles. The Hall–Kier alpha value is -3.41. The molecule has 5 rings (SSSR count). The van der Waals surface area contributed by atoms with Crippen LogP contribution in [-0.4, -0.2) is 29.6 Å². The molecule has 5 nitrogen and oxygen atoms in total. The van der Waals surface area contributed by atoms with Crippen LogP contribution in [0.4, 0.5) is 4.39 Å². The lowest BCUT2D eigenvalue weighted by atomic mass is 9.63. The van der Waals surface area contributed by atoms with Crippen LogP contribution >= 0.6 is 0 Å². The normalized spacial score (nSPS) is 20.4. The Kier molecular flexibility index (Phi) is 7.41. The number of carbonyl (C=O) groups excluding carboxylic acids is 2. The maximum atomic E-state index is 13.9. The summed E-state index contributed by atoms with van der Waals surface area (Å²) in [5, 5.41) is 0. The van der Waals surface area contributed by atoms with Gasteiger partial charge in [0.15, 0.2) is 23.1 Å². The maximum absolute atomic E-state index is 13.9. The SMILES string of the molecule is CCOc1cc(C2C3=C(CC(C)(C)CC3=O)N(CC)C3=C2C(=O)CC(C)(C)C3)ccc1OCc1cccc(F)c1. The zero-order valence-electron chi connectivity index (χ0n) is 24.5. The highest BCUT2D eigenvalue weighted by Gasteiger charge is 2.48. The maximum Gasteiger partial charge on any atom is 0.162 e. The Morgan fingerprint density at radius 2 is 1.45 bits per heavy atom. The topological polar surface area (TPSA) is 55.8 Å². The molecule has 0 amide bonds. The van der Waals surface area contributed by atoms with E-state index in [9.17, 15) is 14.0 Å². The van der Waals surface area contributed by atoms with Crippen molar-refractivity contribution in [2.24, 2.45) is 10.8 Å². The van der Waals surface area contributed by atoms with Gasteiger partial charge in [-0.3, -0.25) is 9.59 Å². The van der Waals surface area contributed by atoms with Gasteiger partial charge in [0.1, 0.15) is 12.4 Å². The standard InChI is InChI=1S/C34H40FNO4/c1-7-36-24-16-33(3,4)18-26(37)31(24)30(32-25(36)17-34(5,6)19-27(32)38)22-12-13-28(29(15-22)39-8-2)40-20-21-10-9-11-23(35)14-21/h9-15,30H,7-8,16-20H2,1-6H3. The average Bonchev–Trinajstić information content (AvgIpc) is 2.85.